The molecule has 1 aliphatic heterocycles. The van der Waals surface area contributed by atoms with Gasteiger partial charge in [0.25, 0.3) is 0 Å². The van der Waals surface area contributed by atoms with Crippen LogP contribution in [0.4, 0.5) is 0 Å². The third-order valence-electron chi connectivity index (χ3n) is 3.53. The minimum Gasteiger partial charge on any atom is -0.379 e. The Hall–Kier alpha value is -1.72. The van der Waals surface area contributed by atoms with E-state index < -0.39 is 0 Å². The second-order valence-electron chi connectivity index (χ2n) is 5.03. The Kier molecular flexibility index (Phi) is 4.08. The van der Waals surface area contributed by atoms with Crippen LogP contribution in [0.3, 0.4) is 0 Å². The summed E-state index contributed by atoms with van der Waals surface area (Å²) in [6.07, 6.45) is 1.10. The summed E-state index contributed by atoms with van der Waals surface area (Å²) in [4.78, 5) is 4.52. The Balaban J connectivity index is 1.76. The highest BCUT2D eigenvalue weighted by Crippen LogP contribution is 2.26. The normalized spacial score (nSPS) is 22.2. The molecule has 2 aromatic rings. The van der Waals surface area contributed by atoms with Gasteiger partial charge in [-0.05, 0) is 13.0 Å². The molecule has 0 spiro atoms. The lowest BCUT2D eigenvalue weighted by atomic mass is 10.0. The number of nitrogens with one attached hydrogen (secondary N) is 1. The predicted molar refractivity (Wildman–Crippen MR) is 75.4 cm³/mol. The summed E-state index contributed by atoms with van der Waals surface area (Å²) in [7, 11) is 0. The highest BCUT2D eigenvalue weighted by molar-refractivity contribution is 5.53. The molecule has 3 rings (SSSR count). The molecule has 20 heavy (non-hydrogen) atoms. The van der Waals surface area contributed by atoms with E-state index in [0.29, 0.717) is 24.9 Å². The molecule has 5 nitrogen and oxygen atoms in total. The van der Waals surface area contributed by atoms with Gasteiger partial charge in [-0.2, -0.15) is 4.98 Å². The van der Waals surface area contributed by atoms with Crippen molar-refractivity contribution >= 4 is 0 Å². The minimum absolute atomic E-state index is 0.145. The predicted octanol–water partition coefficient (Wildman–Crippen LogP) is 2.22. The molecule has 1 aliphatic rings. The van der Waals surface area contributed by atoms with Crippen LogP contribution in [0.5, 0.6) is 0 Å². The number of hydrogen-bond donors (Lipinski definition) is 1. The quantitative estimate of drug-likeness (QED) is 0.905. The second-order valence-corrected chi connectivity index (χ2v) is 5.03. The largest absolute Gasteiger partial charge is 0.379 e. The zero-order valence-corrected chi connectivity index (χ0v) is 11.6. The van der Waals surface area contributed by atoms with Crippen molar-refractivity contribution in [1.29, 1.82) is 0 Å². The third-order valence-corrected chi connectivity index (χ3v) is 3.53. The highest BCUT2D eigenvalue weighted by Gasteiger charge is 2.33. The molecule has 1 N–H and O–H groups in total. The summed E-state index contributed by atoms with van der Waals surface area (Å²) >= 11 is 0. The van der Waals surface area contributed by atoms with E-state index in [2.05, 4.69) is 22.4 Å². The molecule has 0 amide bonds. The molecular formula is C15H19N3O2. The smallest absolute Gasteiger partial charge is 0.234 e. The molecule has 2 heterocycles. The molecule has 1 aromatic carbocycles. The van der Waals surface area contributed by atoms with Crippen LogP contribution in [-0.4, -0.2) is 35.9 Å². The molecule has 1 saturated heterocycles. The van der Waals surface area contributed by atoms with E-state index in [1.165, 1.54) is 0 Å². The fourth-order valence-corrected chi connectivity index (χ4v) is 2.42. The lowest BCUT2D eigenvalue weighted by molar-refractivity contribution is 0.184. The first-order valence-corrected chi connectivity index (χ1v) is 7.08. The summed E-state index contributed by atoms with van der Waals surface area (Å²) in [5, 5.41) is 7.55. The zero-order chi connectivity index (χ0) is 13.8. The first kappa shape index (κ1) is 13.3. The van der Waals surface area contributed by atoms with E-state index in [-0.39, 0.29) is 12.0 Å². The average Bonchev–Trinajstić information content (AvgIpc) is 3.14. The summed E-state index contributed by atoms with van der Waals surface area (Å²) in [5.74, 6) is 1.45. The van der Waals surface area contributed by atoms with Crippen molar-refractivity contribution in [2.75, 3.05) is 19.8 Å². The molecule has 0 aliphatic carbocycles. The van der Waals surface area contributed by atoms with Gasteiger partial charge < -0.3 is 14.6 Å². The molecule has 106 valence electrons. The monoisotopic (exact) mass is 273 g/mol. The number of benzene rings is 1. The Morgan fingerprint density at radius 1 is 1.25 bits per heavy atom. The summed E-state index contributed by atoms with van der Waals surface area (Å²) in [5.41, 5.74) is 0.972. The van der Waals surface area contributed by atoms with Gasteiger partial charge in [0.2, 0.25) is 11.7 Å². The van der Waals surface area contributed by atoms with Crippen molar-refractivity contribution in [2.24, 2.45) is 0 Å². The van der Waals surface area contributed by atoms with Crippen LogP contribution in [0.2, 0.25) is 0 Å². The van der Waals surface area contributed by atoms with Crippen LogP contribution in [0.25, 0.3) is 11.4 Å². The fraction of sp³-hybridized carbons (Fsp3) is 0.467. The van der Waals surface area contributed by atoms with Crippen LogP contribution in [-0.2, 0) is 4.74 Å². The Morgan fingerprint density at radius 2 is 2.10 bits per heavy atom. The van der Waals surface area contributed by atoms with E-state index in [1.54, 1.807) is 0 Å². The molecular weight excluding hydrogens is 254 g/mol. The van der Waals surface area contributed by atoms with Crippen LogP contribution in [0, 0.1) is 0 Å². The van der Waals surface area contributed by atoms with Gasteiger partial charge in [0.1, 0.15) is 0 Å². The van der Waals surface area contributed by atoms with Crippen molar-refractivity contribution in [2.45, 2.75) is 25.3 Å². The van der Waals surface area contributed by atoms with E-state index in [9.17, 15) is 0 Å². The maximum absolute atomic E-state index is 5.55. The number of rotatable bonds is 5. The van der Waals surface area contributed by atoms with Gasteiger partial charge in [-0.25, -0.2) is 0 Å². The van der Waals surface area contributed by atoms with Crippen molar-refractivity contribution < 1.29 is 9.26 Å². The van der Waals surface area contributed by atoms with Gasteiger partial charge in [-0.1, -0.05) is 42.4 Å². The topological polar surface area (TPSA) is 60.2 Å². The van der Waals surface area contributed by atoms with Gasteiger partial charge in [0.15, 0.2) is 0 Å². The summed E-state index contributed by atoms with van der Waals surface area (Å²) < 4.78 is 11.0. The molecule has 2 atom stereocenters. The Morgan fingerprint density at radius 3 is 2.90 bits per heavy atom. The third kappa shape index (κ3) is 2.73. The van der Waals surface area contributed by atoms with Gasteiger partial charge >= 0.3 is 0 Å². The maximum Gasteiger partial charge on any atom is 0.234 e. The number of aromatic nitrogens is 2. The number of hydrogen-bond acceptors (Lipinski definition) is 5. The Labute approximate surface area is 118 Å². The van der Waals surface area contributed by atoms with Gasteiger partial charge in [-0.15, -0.1) is 0 Å². The lowest BCUT2D eigenvalue weighted by Gasteiger charge is -2.14. The molecule has 0 radical (unpaired) electrons. The molecule has 0 bridgehead atoms. The minimum atomic E-state index is 0.145. The van der Waals surface area contributed by atoms with E-state index >= 15 is 0 Å². The molecule has 0 saturated carbocycles. The number of ether oxygens (including phenoxy) is 1. The van der Waals surface area contributed by atoms with Crippen molar-refractivity contribution in [3.63, 3.8) is 0 Å². The summed E-state index contributed by atoms with van der Waals surface area (Å²) in [6.45, 7) is 4.47. The van der Waals surface area contributed by atoms with E-state index in [0.717, 1.165) is 18.5 Å². The fourth-order valence-electron chi connectivity index (χ4n) is 2.42. The molecule has 1 aromatic heterocycles. The average molecular weight is 273 g/mol. The van der Waals surface area contributed by atoms with Crippen LogP contribution in [0.15, 0.2) is 34.9 Å². The lowest BCUT2D eigenvalue weighted by Crippen LogP contribution is -2.34. The Bertz CT molecular complexity index is 541. The number of nitrogens with zero attached hydrogens (tertiary/aromatic N) is 2. The van der Waals surface area contributed by atoms with Crippen molar-refractivity contribution in [3.05, 3.63) is 36.2 Å². The standard InChI is InChI=1S/C15H19N3O2/c1-2-8-16-13-10-19-9-12(13)15-17-14(18-20-15)11-6-4-3-5-7-11/h3-7,12-13,16H,2,8-10H2,1H3. The van der Waals surface area contributed by atoms with Crippen molar-refractivity contribution in [3.8, 4) is 11.4 Å². The molecule has 5 heteroatoms. The van der Waals surface area contributed by atoms with Gasteiger partial charge in [0.05, 0.1) is 19.1 Å². The molecule has 1 fully saturated rings. The zero-order valence-electron chi connectivity index (χ0n) is 11.6. The second kappa shape index (κ2) is 6.15. The first-order chi connectivity index (χ1) is 9.88. The van der Waals surface area contributed by atoms with Gasteiger partial charge in [-0.3, -0.25) is 0 Å². The van der Waals surface area contributed by atoms with Crippen LogP contribution < -0.4 is 5.32 Å². The van der Waals surface area contributed by atoms with E-state index in [4.69, 9.17) is 9.26 Å². The van der Waals surface area contributed by atoms with Gasteiger partial charge in [0, 0.05) is 11.6 Å². The van der Waals surface area contributed by atoms with E-state index in [1.807, 2.05) is 30.3 Å². The highest BCUT2D eigenvalue weighted by atomic mass is 16.5. The van der Waals surface area contributed by atoms with Crippen LogP contribution >= 0.6 is 0 Å². The first-order valence-electron chi connectivity index (χ1n) is 7.08. The van der Waals surface area contributed by atoms with Crippen molar-refractivity contribution in [1.82, 2.24) is 15.5 Å². The molecule has 2 unspecified atom stereocenters. The maximum atomic E-state index is 5.55. The van der Waals surface area contributed by atoms with Crippen LogP contribution in [0.1, 0.15) is 25.2 Å². The SMILES string of the molecule is CCCNC1COCC1c1nc(-c2ccccc2)no1. The summed E-state index contributed by atoms with van der Waals surface area (Å²) in [6, 6.07) is 10.1.